The minimum absolute atomic E-state index is 0.0479. The SMILES string of the molecule is O=C(CSc1c(Cl)cccc1Cl)NNC(=O)c1ccccc1Cl. The number of hydrazine groups is 1. The molecular formula is C15H11Cl3N2O2S. The summed E-state index contributed by atoms with van der Waals surface area (Å²) in [5.74, 6) is -0.845. The highest BCUT2D eigenvalue weighted by Gasteiger charge is 2.12. The molecule has 0 aromatic heterocycles. The summed E-state index contributed by atoms with van der Waals surface area (Å²) in [5.41, 5.74) is 4.89. The predicted octanol–water partition coefficient (Wildman–Crippen LogP) is 4.20. The molecule has 2 N–H and O–H groups in total. The quantitative estimate of drug-likeness (QED) is 0.608. The van der Waals surface area contributed by atoms with Gasteiger partial charge in [0.05, 0.1) is 26.4 Å². The van der Waals surface area contributed by atoms with Crippen LogP contribution in [-0.2, 0) is 4.79 Å². The van der Waals surface area contributed by atoms with Gasteiger partial charge < -0.3 is 0 Å². The summed E-state index contributed by atoms with van der Waals surface area (Å²) in [4.78, 5) is 24.3. The average Bonchev–Trinajstić information content (AvgIpc) is 2.52. The standard InChI is InChI=1S/C15H11Cl3N2O2S/c16-10-5-2-1-4-9(10)15(22)20-19-13(21)8-23-14-11(17)6-3-7-12(14)18/h1-7H,8H2,(H,19,21)(H,20,22). The highest BCUT2D eigenvalue weighted by atomic mass is 35.5. The van der Waals surface area contributed by atoms with Crippen molar-refractivity contribution in [3.05, 3.63) is 63.1 Å². The Labute approximate surface area is 152 Å². The topological polar surface area (TPSA) is 58.2 Å². The van der Waals surface area contributed by atoms with Crippen molar-refractivity contribution in [3.63, 3.8) is 0 Å². The van der Waals surface area contributed by atoms with Crippen molar-refractivity contribution >= 4 is 58.4 Å². The molecule has 0 heterocycles. The zero-order valence-electron chi connectivity index (χ0n) is 11.6. The van der Waals surface area contributed by atoms with Gasteiger partial charge in [-0.1, -0.05) is 53.0 Å². The Bertz CT molecular complexity index is 720. The Morgan fingerprint density at radius 2 is 1.48 bits per heavy atom. The van der Waals surface area contributed by atoms with Crippen molar-refractivity contribution in [2.45, 2.75) is 4.90 Å². The van der Waals surface area contributed by atoms with E-state index in [0.717, 1.165) is 0 Å². The van der Waals surface area contributed by atoms with Crippen LogP contribution in [0, 0.1) is 0 Å². The minimum atomic E-state index is -0.496. The molecule has 0 saturated carbocycles. The molecule has 2 aromatic rings. The molecule has 8 heteroatoms. The zero-order chi connectivity index (χ0) is 16.8. The van der Waals surface area contributed by atoms with Crippen LogP contribution in [0.1, 0.15) is 10.4 Å². The van der Waals surface area contributed by atoms with E-state index < -0.39 is 11.8 Å². The molecule has 0 aliphatic carbocycles. The Balaban J connectivity index is 1.86. The molecule has 0 spiro atoms. The maximum atomic E-state index is 11.9. The van der Waals surface area contributed by atoms with Crippen molar-refractivity contribution < 1.29 is 9.59 Å². The van der Waals surface area contributed by atoms with E-state index in [9.17, 15) is 9.59 Å². The van der Waals surface area contributed by atoms with Crippen molar-refractivity contribution in [1.82, 2.24) is 10.9 Å². The normalized spacial score (nSPS) is 10.2. The van der Waals surface area contributed by atoms with Gasteiger partial charge in [0.25, 0.3) is 5.91 Å². The first-order chi connectivity index (χ1) is 11.0. The van der Waals surface area contributed by atoms with Crippen LogP contribution in [0.3, 0.4) is 0 Å². The van der Waals surface area contributed by atoms with Crippen molar-refractivity contribution in [2.24, 2.45) is 0 Å². The second-order valence-corrected chi connectivity index (χ2v) is 6.53. The zero-order valence-corrected chi connectivity index (χ0v) is 14.7. The van der Waals surface area contributed by atoms with Gasteiger partial charge in [-0.2, -0.15) is 0 Å². The molecule has 0 atom stereocenters. The molecule has 2 amide bonds. The number of hydrogen-bond donors (Lipinski definition) is 2. The third kappa shape index (κ3) is 5.04. The smallest absolute Gasteiger partial charge is 0.271 e. The van der Waals surface area contributed by atoms with Crippen LogP contribution < -0.4 is 10.9 Å². The van der Waals surface area contributed by atoms with Gasteiger partial charge in [-0.3, -0.25) is 20.4 Å². The van der Waals surface area contributed by atoms with Crippen LogP contribution in [-0.4, -0.2) is 17.6 Å². The molecule has 0 aliphatic heterocycles. The molecule has 23 heavy (non-hydrogen) atoms. The van der Waals surface area contributed by atoms with Gasteiger partial charge in [0, 0.05) is 4.90 Å². The van der Waals surface area contributed by atoms with E-state index >= 15 is 0 Å². The molecule has 0 bridgehead atoms. The Hall–Kier alpha value is -1.40. The summed E-state index contributed by atoms with van der Waals surface area (Å²) in [7, 11) is 0. The number of halogens is 3. The summed E-state index contributed by atoms with van der Waals surface area (Å²) >= 11 is 19.1. The van der Waals surface area contributed by atoms with Gasteiger partial charge in [-0.05, 0) is 24.3 Å². The summed E-state index contributed by atoms with van der Waals surface area (Å²) < 4.78 is 0. The lowest BCUT2D eigenvalue weighted by atomic mass is 10.2. The fourth-order valence-electron chi connectivity index (χ4n) is 1.63. The monoisotopic (exact) mass is 388 g/mol. The molecular weight excluding hydrogens is 379 g/mol. The lowest BCUT2D eigenvalue weighted by Crippen LogP contribution is -2.42. The largest absolute Gasteiger partial charge is 0.272 e. The van der Waals surface area contributed by atoms with E-state index in [1.54, 1.807) is 42.5 Å². The molecule has 2 rings (SSSR count). The lowest BCUT2D eigenvalue weighted by molar-refractivity contribution is -0.119. The van der Waals surface area contributed by atoms with Crippen molar-refractivity contribution in [3.8, 4) is 0 Å². The fraction of sp³-hybridized carbons (Fsp3) is 0.0667. The van der Waals surface area contributed by atoms with Crippen molar-refractivity contribution in [1.29, 1.82) is 0 Å². The first-order valence-electron chi connectivity index (χ1n) is 6.39. The van der Waals surface area contributed by atoms with Crippen molar-refractivity contribution in [2.75, 3.05) is 5.75 Å². The number of carbonyl (C=O) groups excluding carboxylic acids is 2. The summed E-state index contributed by atoms with van der Waals surface area (Å²) in [6.07, 6.45) is 0. The number of hydrogen-bond acceptors (Lipinski definition) is 3. The van der Waals surface area contributed by atoms with Gasteiger partial charge in [-0.25, -0.2) is 0 Å². The number of thioether (sulfide) groups is 1. The number of nitrogens with one attached hydrogen (secondary N) is 2. The van der Waals surface area contributed by atoms with Gasteiger partial charge >= 0.3 is 0 Å². The molecule has 0 fully saturated rings. The van der Waals surface area contributed by atoms with E-state index in [2.05, 4.69) is 10.9 Å². The number of amides is 2. The van der Waals surface area contributed by atoms with Crippen LogP contribution in [0.15, 0.2) is 47.4 Å². The molecule has 4 nitrogen and oxygen atoms in total. The maximum absolute atomic E-state index is 11.9. The predicted molar refractivity (Wildman–Crippen MR) is 94.2 cm³/mol. The van der Waals surface area contributed by atoms with E-state index in [1.165, 1.54) is 11.8 Å². The third-order valence-electron chi connectivity index (χ3n) is 2.70. The molecule has 0 unspecified atom stereocenters. The third-order valence-corrected chi connectivity index (χ3v) is 5.02. The lowest BCUT2D eigenvalue weighted by Gasteiger charge is -2.09. The average molecular weight is 390 g/mol. The number of carbonyl (C=O) groups is 2. The summed E-state index contributed by atoms with van der Waals surface area (Å²) in [6.45, 7) is 0. The minimum Gasteiger partial charge on any atom is -0.272 e. The van der Waals surface area contributed by atoms with Gasteiger partial charge in [0.1, 0.15) is 0 Å². The van der Waals surface area contributed by atoms with Gasteiger partial charge in [0.2, 0.25) is 5.91 Å². The summed E-state index contributed by atoms with van der Waals surface area (Å²) in [6, 6.07) is 11.6. The molecule has 0 aliphatic rings. The number of benzene rings is 2. The Morgan fingerprint density at radius 1 is 0.870 bits per heavy atom. The molecule has 2 aromatic carbocycles. The van der Waals surface area contributed by atoms with Crippen LogP contribution in [0.25, 0.3) is 0 Å². The molecule has 0 saturated heterocycles. The van der Waals surface area contributed by atoms with Crippen LogP contribution in [0.2, 0.25) is 15.1 Å². The second-order valence-electron chi connectivity index (χ2n) is 4.32. The highest BCUT2D eigenvalue weighted by Crippen LogP contribution is 2.33. The second kappa shape index (κ2) is 8.45. The van der Waals surface area contributed by atoms with Crippen LogP contribution in [0.4, 0.5) is 0 Å². The Kier molecular flexibility index (Phi) is 6.59. The fourth-order valence-corrected chi connectivity index (χ4v) is 3.34. The Morgan fingerprint density at radius 3 is 2.13 bits per heavy atom. The number of rotatable bonds is 4. The van der Waals surface area contributed by atoms with Gasteiger partial charge in [0.15, 0.2) is 0 Å². The van der Waals surface area contributed by atoms with E-state index in [1.807, 2.05) is 0 Å². The van der Waals surface area contributed by atoms with Crippen LogP contribution >= 0.6 is 46.6 Å². The van der Waals surface area contributed by atoms with Crippen LogP contribution in [0.5, 0.6) is 0 Å². The molecule has 120 valence electrons. The summed E-state index contributed by atoms with van der Waals surface area (Å²) in [5, 5.41) is 1.24. The van der Waals surface area contributed by atoms with E-state index in [4.69, 9.17) is 34.8 Å². The van der Waals surface area contributed by atoms with E-state index in [0.29, 0.717) is 20.0 Å². The van der Waals surface area contributed by atoms with Gasteiger partial charge in [-0.15, -0.1) is 11.8 Å². The highest BCUT2D eigenvalue weighted by molar-refractivity contribution is 8.00. The van der Waals surface area contributed by atoms with E-state index in [-0.39, 0.29) is 11.3 Å². The first kappa shape index (κ1) is 17.9. The first-order valence-corrected chi connectivity index (χ1v) is 8.51. The molecule has 0 radical (unpaired) electrons. The maximum Gasteiger partial charge on any atom is 0.271 e.